The van der Waals surface area contributed by atoms with Crippen molar-refractivity contribution in [2.24, 2.45) is 5.10 Å². The van der Waals surface area contributed by atoms with Gasteiger partial charge in [-0.05, 0) is 36.8 Å². The van der Waals surface area contributed by atoms with Crippen LogP contribution in [0.4, 0.5) is 4.39 Å². The molecular weight excluding hydrogens is 325 g/mol. The van der Waals surface area contributed by atoms with E-state index in [1.54, 1.807) is 13.0 Å². The van der Waals surface area contributed by atoms with Crippen LogP contribution in [0.5, 0.6) is 5.75 Å². The lowest BCUT2D eigenvalue weighted by molar-refractivity contribution is -0.121. The summed E-state index contributed by atoms with van der Waals surface area (Å²) in [6, 6.07) is 10.9. The van der Waals surface area contributed by atoms with Crippen LogP contribution in [0.1, 0.15) is 18.9 Å². The minimum Gasteiger partial charge on any atom is -0.507 e. The number of phenolic OH excluding ortho intramolecular Hbond substituents is 1. The van der Waals surface area contributed by atoms with Gasteiger partial charge in [-0.2, -0.15) is 5.10 Å². The van der Waals surface area contributed by atoms with Crippen molar-refractivity contribution in [3.63, 3.8) is 0 Å². The molecule has 8 heteroatoms. The van der Waals surface area contributed by atoms with Crippen molar-refractivity contribution >= 4 is 22.7 Å². The zero-order valence-electron chi connectivity index (χ0n) is 13.5. The molecule has 25 heavy (non-hydrogen) atoms. The number of amides is 1. The second-order valence-electron chi connectivity index (χ2n) is 5.34. The van der Waals surface area contributed by atoms with E-state index in [-0.39, 0.29) is 17.9 Å². The highest BCUT2D eigenvalue weighted by Crippen LogP contribution is 2.20. The van der Waals surface area contributed by atoms with Gasteiger partial charge in [0, 0.05) is 5.56 Å². The van der Waals surface area contributed by atoms with Crippen LogP contribution in [0.15, 0.2) is 47.6 Å². The maximum absolute atomic E-state index is 13.4. The zero-order chi connectivity index (χ0) is 17.8. The van der Waals surface area contributed by atoms with Gasteiger partial charge in [0.1, 0.15) is 23.6 Å². The van der Waals surface area contributed by atoms with Gasteiger partial charge in [0.05, 0.1) is 11.2 Å². The number of carbonyl (C=O) groups is 1. The van der Waals surface area contributed by atoms with Gasteiger partial charge in [0.25, 0.3) is 5.91 Å². The van der Waals surface area contributed by atoms with Crippen LogP contribution in [0, 0.1) is 5.82 Å². The molecule has 2 N–H and O–H groups in total. The first-order valence-electron chi connectivity index (χ1n) is 7.71. The fourth-order valence-corrected chi connectivity index (χ4v) is 2.40. The van der Waals surface area contributed by atoms with E-state index in [2.05, 4.69) is 20.8 Å². The van der Waals surface area contributed by atoms with Crippen molar-refractivity contribution < 1.29 is 14.3 Å². The SMILES string of the molecule is CC/C(=N\NC(=O)Cn1nnc2ccccc21)c1cc(F)ccc1O. The van der Waals surface area contributed by atoms with Crippen LogP contribution < -0.4 is 5.43 Å². The summed E-state index contributed by atoms with van der Waals surface area (Å²) in [4.78, 5) is 12.1. The van der Waals surface area contributed by atoms with Crippen molar-refractivity contribution in [3.05, 3.63) is 53.8 Å². The predicted molar refractivity (Wildman–Crippen MR) is 90.6 cm³/mol. The molecule has 2 aromatic carbocycles. The summed E-state index contributed by atoms with van der Waals surface area (Å²) in [5.74, 6) is -0.995. The molecule has 0 aliphatic rings. The maximum Gasteiger partial charge on any atom is 0.261 e. The molecule has 0 saturated carbocycles. The average molecular weight is 341 g/mol. The van der Waals surface area contributed by atoms with Crippen LogP contribution >= 0.6 is 0 Å². The monoisotopic (exact) mass is 341 g/mol. The van der Waals surface area contributed by atoms with Gasteiger partial charge in [-0.25, -0.2) is 14.5 Å². The fourth-order valence-electron chi connectivity index (χ4n) is 2.40. The fraction of sp³-hybridized carbons (Fsp3) is 0.176. The van der Waals surface area contributed by atoms with E-state index >= 15 is 0 Å². The number of para-hydroxylation sites is 1. The number of halogens is 1. The minimum absolute atomic E-state index is 0.0594. The average Bonchev–Trinajstić information content (AvgIpc) is 3.01. The van der Waals surface area contributed by atoms with Crippen molar-refractivity contribution in [2.75, 3.05) is 0 Å². The topological polar surface area (TPSA) is 92.4 Å². The molecular formula is C17H16FN5O2. The van der Waals surface area contributed by atoms with Crippen LogP contribution in [0.25, 0.3) is 11.0 Å². The Kier molecular flexibility index (Phi) is 4.69. The van der Waals surface area contributed by atoms with Gasteiger partial charge in [-0.1, -0.05) is 24.3 Å². The number of hydrogen-bond donors (Lipinski definition) is 2. The molecule has 1 amide bonds. The van der Waals surface area contributed by atoms with E-state index in [1.807, 2.05) is 18.2 Å². The molecule has 0 aliphatic carbocycles. The van der Waals surface area contributed by atoms with E-state index in [1.165, 1.54) is 16.8 Å². The first kappa shape index (κ1) is 16.6. The number of carbonyl (C=O) groups excluding carboxylic acids is 1. The predicted octanol–water partition coefficient (Wildman–Crippen LogP) is 2.21. The summed E-state index contributed by atoms with van der Waals surface area (Å²) in [6.45, 7) is 1.73. The first-order chi connectivity index (χ1) is 12.1. The number of nitrogens with one attached hydrogen (secondary N) is 1. The number of nitrogens with zero attached hydrogens (tertiary/aromatic N) is 4. The molecule has 1 heterocycles. The lowest BCUT2D eigenvalue weighted by Gasteiger charge is -2.08. The molecule has 0 spiro atoms. The second kappa shape index (κ2) is 7.08. The third-order valence-corrected chi connectivity index (χ3v) is 3.63. The molecule has 0 atom stereocenters. The zero-order valence-corrected chi connectivity index (χ0v) is 13.5. The van der Waals surface area contributed by atoms with Crippen molar-refractivity contribution in [1.82, 2.24) is 20.4 Å². The van der Waals surface area contributed by atoms with Crippen LogP contribution in [-0.4, -0.2) is 31.7 Å². The quantitative estimate of drug-likeness (QED) is 0.550. The molecule has 7 nitrogen and oxygen atoms in total. The number of aromatic hydroxyl groups is 1. The number of hydrogen-bond acceptors (Lipinski definition) is 5. The Bertz CT molecular complexity index is 951. The molecule has 1 aromatic heterocycles. The van der Waals surface area contributed by atoms with Gasteiger partial charge < -0.3 is 5.11 Å². The molecule has 3 rings (SSSR count). The standard InChI is InChI=1S/C17H16FN5O2/c1-2-13(12-9-11(18)7-8-16(12)24)19-21-17(25)10-23-15-6-4-3-5-14(15)20-22-23/h3-9,24H,2,10H2,1H3,(H,21,25)/b19-13+. The van der Waals surface area contributed by atoms with E-state index in [0.717, 1.165) is 11.6 Å². The highest BCUT2D eigenvalue weighted by Gasteiger charge is 2.11. The van der Waals surface area contributed by atoms with E-state index in [4.69, 9.17) is 0 Å². The highest BCUT2D eigenvalue weighted by atomic mass is 19.1. The van der Waals surface area contributed by atoms with Crippen molar-refractivity contribution in [1.29, 1.82) is 0 Å². The Balaban J connectivity index is 1.75. The molecule has 0 saturated heterocycles. The lowest BCUT2D eigenvalue weighted by atomic mass is 10.1. The van der Waals surface area contributed by atoms with Gasteiger partial charge in [-0.3, -0.25) is 4.79 Å². The van der Waals surface area contributed by atoms with E-state index < -0.39 is 11.7 Å². The number of benzene rings is 2. The lowest BCUT2D eigenvalue weighted by Crippen LogP contribution is -2.25. The van der Waals surface area contributed by atoms with Crippen molar-refractivity contribution in [3.8, 4) is 5.75 Å². The number of phenols is 1. The Labute approximate surface area is 142 Å². The highest BCUT2D eigenvalue weighted by molar-refractivity contribution is 6.03. The molecule has 0 unspecified atom stereocenters. The van der Waals surface area contributed by atoms with Crippen molar-refractivity contribution in [2.45, 2.75) is 19.9 Å². The number of rotatable bonds is 5. The summed E-state index contributed by atoms with van der Waals surface area (Å²) in [5.41, 5.74) is 4.45. The van der Waals surface area contributed by atoms with E-state index in [0.29, 0.717) is 17.6 Å². The smallest absolute Gasteiger partial charge is 0.261 e. The third-order valence-electron chi connectivity index (χ3n) is 3.63. The van der Waals surface area contributed by atoms with Gasteiger partial charge in [-0.15, -0.1) is 5.10 Å². The Morgan fingerprint density at radius 3 is 2.92 bits per heavy atom. The summed E-state index contributed by atoms with van der Waals surface area (Å²) >= 11 is 0. The number of hydrazone groups is 1. The summed E-state index contributed by atoms with van der Waals surface area (Å²) in [6.07, 6.45) is 0.406. The van der Waals surface area contributed by atoms with Crippen LogP contribution in [0.2, 0.25) is 0 Å². The second-order valence-corrected chi connectivity index (χ2v) is 5.34. The Hall–Kier alpha value is -3.29. The number of fused-ring (bicyclic) bond motifs is 1. The summed E-state index contributed by atoms with van der Waals surface area (Å²) < 4.78 is 14.8. The molecule has 0 radical (unpaired) electrons. The summed E-state index contributed by atoms with van der Waals surface area (Å²) in [7, 11) is 0. The molecule has 0 aliphatic heterocycles. The normalized spacial score (nSPS) is 11.7. The summed E-state index contributed by atoms with van der Waals surface area (Å²) in [5, 5.41) is 21.8. The number of aromatic nitrogens is 3. The van der Waals surface area contributed by atoms with Crippen LogP contribution in [0.3, 0.4) is 0 Å². The largest absolute Gasteiger partial charge is 0.507 e. The van der Waals surface area contributed by atoms with E-state index in [9.17, 15) is 14.3 Å². The third kappa shape index (κ3) is 3.63. The Morgan fingerprint density at radius 2 is 2.12 bits per heavy atom. The first-order valence-corrected chi connectivity index (χ1v) is 7.71. The Morgan fingerprint density at radius 1 is 1.32 bits per heavy atom. The molecule has 0 bridgehead atoms. The molecule has 3 aromatic rings. The minimum atomic E-state index is -0.491. The van der Waals surface area contributed by atoms with Gasteiger partial charge in [0.2, 0.25) is 0 Å². The van der Waals surface area contributed by atoms with Gasteiger partial charge >= 0.3 is 0 Å². The molecule has 128 valence electrons. The van der Waals surface area contributed by atoms with Crippen LogP contribution in [-0.2, 0) is 11.3 Å². The van der Waals surface area contributed by atoms with Gasteiger partial charge in [0.15, 0.2) is 0 Å². The maximum atomic E-state index is 13.4. The molecule has 0 fully saturated rings.